The number of hydrogen-bond acceptors (Lipinski definition) is 3. The zero-order chi connectivity index (χ0) is 11.8. The Kier molecular flexibility index (Phi) is 2.98. The summed E-state index contributed by atoms with van der Waals surface area (Å²) in [5.74, 6) is 1.24. The average Bonchev–Trinajstić information content (AvgIpc) is 2.93. The van der Waals surface area contributed by atoms with Crippen LogP contribution in [0.25, 0.3) is 0 Å². The molecule has 0 atom stereocenters. The number of halogens is 1. The van der Waals surface area contributed by atoms with E-state index in [1.807, 2.05) is 20.8 Å². The van der Waals surface area contributed by atoms with Crippen LogP contribution in [0.2, 0.25) is 5.02 Å². The van der Waals surface area contributed by atoms with Gasteiger partial charge < -0.3 is 9.47 Å². The van der Waals surface area contributed by atoms with E-state index >= 15 is 0 Å². The summed E-state index contributed by atoms with van der Waals surface area (Å²) in [7, 11) is 0. The fraction of sp³-hybridized carbons (Fsp3) is 0.583. The molecule has 0 unspecified atom stereocenters. The van der Waals surface area contributed by atoms with Gasteiger partial charge in [-0.05, 0) is 33.6 Å². The molecule has 0 spiro atoms. The van der Waals surface area contributed by atoms with E-state index in [4.69, 9.17) is 21.1 Å². The molecule has 0 N–H and O–H groups in total. The second-order valence-corrected chi connectivity index (χ2v) is 5.39. The third-order valence-corrected chi connectivity index (χ3v) is 2.32. The highest BCUT2D eigenvalue weighted by molar-refractivity contribution is 6.32. The van der Waals surface area contributed by atoms with Crippen LogP contribution in [0.5, 0.6) is 11.5 Å². The minimum Gasteiger partial charge on any atom is -0.485 e. The van der Waals surface area contributed by atoms with Gasteiger partial charge in [0.1, 0.15) is 10.6 Å². The standard InChI is InChI=1S/C12H16ClNO2/c1-12(2,3)16-11-9(13)6-14-7-10(11)15-8-4-5-8/h6-8H,4-5H2,1-3H3. The molecule has 16 heavy (non-hydrogen) atoms. The Morgan fingerprint density at radius 1 is 1.31 bits per heavy atom. The van der Waals surface area contributed by atoms with E-state index in [9.17, 15) is 0 Å². The maximum Gasteiger partial charge on any atom is 0.183 e. The topological polar surface area (TPSA) is 31.4 Å². The van der Waals surface area contributed by atoms with Crippen molar-refractivity contribution in [2.24, 2.45) is 0 Å². The maximum absolute atomic E-state index is 6.07. The highest BCUT2D eigenvalue weighted by Crippen LogP contribution is 2.39. The number of aromatic nitrogens is 1. The number of hydrogen-bond donors (Lipinski definition) is 0. The summed E-state index contributed by atoms with van der Waals surface area (Å²) in [4.78, 5) is 4.02. The zero-order valence-electron chi connectivity index (χ0n) is 9.79. The molecule has 0 saturated heterocycles. The molecule has 0 aliphatic heterocycles. The fourth-order valence-electron chi connectivity index (χ4n) is 1.26. The molecule has 3 nitrogen and oxygen atoms in total. The van der Waals surface area contributed by atoms with Crippen LogP contribution in [0.4, 0.5) is 0 Å². The third-order valence-electron chi connectivity index (χ3n) is 2.05. The Bertz CT molecular complexity index is 383. The maximum atomic E-state index is 6.07. The average molecular weight is 242 g/mol. The summed E-state index contributed by atoms with van der Waals surface area (Å²) >= 11 is 6.07. The van der Waals surface area contributed by atoms with Crippen LogP contribution >= 0.6 is 11.6 Å². The van der Waals surface area contributed by atoms with Gasteiger partial charge in [0.05, 0.1) is 12.3 Å². The predicted molar refractivity (Wildman–Crippen MR) is 63.3 cm³/mol. The highest BCUT2D eigenvalue weighted by atomic mass is 35.5. The number of pyridine rings is 1. The van der Waals surface area contributed by atoms with Gasteiger partial charge in [0, 0.05) is 6.20 Å². The first kappa shape index (κ1) is 11.5. The first-order valence-electron chi connectivity index (χ1n) is 5.45. The molecule has 88 valence electrons. The molecule has 4 heteroatoms. The minimum absolute atomic E-state index is 0.299. The van der Waals surface area contributed by atoms with Crippen molar-refractivity contribution >= 4 is 11.6 Å². The second-order valence-electron chi connectivity index (χ2n) is 4.98. The summed E-state index contributed by atoms with van der Waals surface area (Å²) in [5.41, 5.74) is -0.299. The van der Waals surface area contributed by atoms with Gasteiger partial charge >= 0.3 is 0 Å². The molecular weight excluding hydrogens is 226 g/mol. The van der Waals surface area contributed by atoms with Gasteiger partial charge in [0.15, 0.2) is 11.5 Å². The van der Waals surface area contributed by atoms with Crippen LogP contribution in [-0.2, 0) is 0 Å². The van der Waals surface area contributed by atoms with Crippen LogP contribution in [0.15, 0.2) is 12.4 Å². The van der Waals surface area contributed by atoms with E-state index < -0.39 is 0 Å². The molecule has 1 aromatic heterocycles. The first-order valence-corrected chi connectivity index (χ1v) is 5.83. The lowest BCUT2D eigenvalue weighted by Gasteiger charge is -2.23. The molecule has 0 aromatic carbocycles. The van der Waals surface area contributed by atoms with Crippen LogP contribution in [0.1, 0.15) is 33.6 Å². The lowest BCUT2D eigenvalue weighted by Crippen LogP contribution is -2.23. The largest absolute Gasteiger partial charge is 0.485 e. The number of ether oxygens (including phenoxy) is 2. The first-order chi connectivity index (χ1) is 7.46. The van der Waals surface area contributed by atoms with Gasteiger partial charge in [-0.1, -0.05) is 11.6 Å². The van der Waals surface area contributed by atoms with E-state index in [0.717, 1.165) is 12.8 Å². The molecule has 1 saturated carbocycles. The monoisotopic (exact) mass is 241 g/mol. The number of nitrogens with zero attached hydrogens (tertiary/aromatic N) is 1. The quantitative estimate of drug-likeness (QED) is 0.812. The molecule has 1 aromatic rings. The van der Waals surface area contributed by atoms with Crippen LogP contribution in [-0.4, -0.2) is 16.7 Å². The Labute approximate surface area is 101 Å². The fourth-order valence-corrected chi connectivity index (χ4v) is 1.45. The van der Waals surface area contributed by atoms with Crippen molar-refractivity contribution in [1.29, 1.82) is 0 Å². The van der Waals surface area contributed by atoms with Crippen LogP contribution < -0.4 is 9.47 Å². The lowest BCUT2D eigenvalue weighted by atomic mass is 10.2. The van der Waals surface area contributed by atoms with Crippen molar-refractivity contribution in [3.8, 4) is 11.5 Å². The van der Waals surface area contributed by atoms with E-state index in [1.54, 1.807) is 12.4 Å². The summed E-state index contributed by atoms with van der Waals surface area (Å²) in [6.45, 7) is 5.93. The summed E-state index contributed by atoms with van der Waals surface area (Å²) < 4.78 is 11.5. The Morgan fingerprint density at radius 2 is 2.00 bits per heavy atom. The summed E-state index contributed by atoms with van der Waals surface area (Å²) in [5, 5.41) is 0.494. The van der Waals surface area contributed by atoms with E-state index in [-0.39, 0.29) is 5.60 Å². The molecule has 0 amide bonds. The predicted octanol–water partition coefficient (Wildman–Crippen LogP) is 3.45. The summed E-state index contributed by atoms with van der Waals surface area (Å²) in [6.07, 6.45) is 5.74. The Hall–Kier alpha value is -0.960. The SMILES string of the molecule is CC(C)(C)Oc1c(Cl)cncc1OC1CC1. The molecule has 1 aliphatic rings. The third kappa shape index (κ3) is 3.01. The van der Waals surface area contributed by atoms with E-state index in [0.29, 0.717) is 22.6 Å². The smallest absolute Gasteiger partial charge is 0.183 e. The molecule has 1 heterocycles. The Morgan fingerprint density at radius 3 is 2.56 bits per heavy atom. The summed E-state index contributed by atoms with van der Waals surface area (Å²) in [6, 6.07) is 0. The van der Waals surface area contributed by atoms with Crippen molar-refractivity contribution in [3.05, 3.63) is 17.4 Å². The van der Waals surface area contributed by atoms with Crippen LogP contribution in [0, 0.1) is 0 Å². The van der Waals surface area contributed by atoms with Gasteiger partial charge in [-0.3, -0.25) is 4.98 Å². The highest BCUT2D eigenvalue weighted by Gasteiger charge is 2.27. The molecular formula is C12H16ClNO2. The molecule has 1 aliphatic carbocycles. The van der Waals surface area contributed by atoms with Crippen molar-refractivity contribution < 1.29 is 9.47 Å². The zero-order valence-corrected chi connectivity index (χ0v) is 10.5. The molecule has 1 fully saturated rings. The van der Waals surface area contributed by atoms with Crippen LogP contribution in [0.3, 0.4) is 0 Å². The molecule has 2 rings (SSSR count). The lowest BCUT2D eigenvalue weighted by molar-refractivity contribution is 0.122. The molecule has 0 radical (unpaired) electrons. The van der Waals surface area contributed by atoms with Gasteiger partial charge in [0.25, 0.3) is 0 Å². The van der Waals surface area contributed by atoms with Crippen molar-refractivity contribution in [3.63, 3.8) is 0 Å². The second kappa shape index (κ2) is 4.13. The van der Waals surface area contributed by atoms with Crippen molar-refractivity contribution in [1.82, 2.24) is 4.98 Å². The number of rotatable bonds is 3. The van der Waals surface area contributed by atoms with E-state index in [2.05, 4.69) is 4.98 Å². The van der Waals surface area contributed by atoms with Gasteiger partial charge in [-0.2, -0.15) is 0 Å². The minimum atomic E-state index is -0.299. The van der Waals surface area contributed by atoms with Gasteiger partial charge in [-0.25, -0.2) is 0 Å². The molecule has 0 bridgehead atoms. The van der Waals surface area contributed by atoms with Crippen molar-refractivity contribution in [2.45, 2.75) is 45.3 Å². The van der Waals surface area contributed by atoms with E-state index in [1.165, 1.54) is 0 Å². The van der Waals surface area contributed by atoms with Gasteiger partial charge in [-0.15, -0.1) is 0 Å². The Balaban J connectivity index is 2.24. The normalized spacial score (nSPS) is 16.0. The van der Waals surface area contributed by atoms with Crippen molar-refractivity contribution in [2.75, 3.05) is 0 Å². The van der Waals surface area contributed by atoms with Gasteiger partial charge in [0.2, 0.25) is 0 Å².